The van der Waals surface area contributed by atoms with Gasteiger partial charge in [-0.2, -0.15) is 0 Å². The van der Waals surface area contributed by atoms with E-state index in [1.165, 1.54) is 53.1 Å². The molecule has 0 aliphatic carbocycles. The van der Waals surface area contributed by atoms with Gasteiger partial charge in [-0.15, -0.1) is 0 Å². The Hall–Kier alpha value is -2.84. The van der Waals surface area contributed by atoms with Crippen molar-refractivity contribution in [1.29, 1.82) is 0 Å². The molecule has 2 nitrogen and oxygen atoms in total. The Labute approximate surface area is 199 Å². The fraction of sp³-hybridized carbons (Fsp3) is 0.355. The van der Waals surface area contributed by atoms with Gasteiger partial charge in [0.05, 0.1) is 6.10 Å². The Morgan fingerprint density at radius 1 is 0.879 bits per heavy atom. The second-order valence-electron chi connectivity index (χ2n) is 8.67. The molecule has 0 fully saturated rings. The van der Waals surface area contributed by atoms with Crippen LogP contribution in [0.5, 0.6) is 5.75 Å². The van der Waals surface area contributed by atoms with Crippen molar-refractivity contribution in [3.63, 3.8) is 0 Å². The third-order valence-electron chi connectivity index (χ3n) is 5.87. The zero-order valence-corrected chi connectivity index (χ0v) is 20.3. The van der Waals surface area contributed by atoms with Crippen LogP contribution in [-0.2, 0) is 4.74 Å². The van der Waals surface area contributed by atoms with Crippen molar-refractivity contribution >= 4 is 16.8 Å². The van der Waals surface area contributed by atoms with Crippen molar-refractivity contribution in [2.24, 2.45) is 0 Å². The minimum Gasteiger partial charge on any atom is -0.490 e. The van der Waals surface area contributed by atoms with Gasteiger partial charge in [0.1, 0.15) is 12.4 Å². The maximum Gasteiger partial charge on any atom is 0.120 e. The predicted molar refractivity (Wildman–Crippen MR) is 143 cm³/mol. The van der Waals surface area contributed by atoms with Crippen LogP contribution >= 0.6 is 0 Å². The third-order valence-corrected chi connectivity index (χ3v) is 5.87. The molecule has 2 heteroatoms. The molecule has 0 N–H and O–H groups in total. The molecule has 3 rings (SSSR count). The molecule has 33 heavy (non-hydrogen) atoms. The van der Waals surface area contributed by atoms with Crippen molar-refractivity contribution in [2.45, 2.75) is 58.5 Å². The predicted octanol–water partition coefficient (Wildman–Crippen LogP) is 8.85. The summed E-state index contributed by atoms with van der Waals surface area (Å²) in [6.45, 7) is 9.54. The number of hydrogen-bond donors (Lipinski definition) is 0. The first-order chi connectivity index (χ1) is 16.2. The van der Waals surface area contributed by atoms with E-state index in [1.807, 2.05) is 6.07 Å². The molecule has 0 heterocycles. The lowest BCUT2D eigenvalue weighted by Crippen LogP contribution is -2.08. The summed E-state index contributed by atoms with van der Waals surface area (Å²) in [6, 6.07) is 21.6. The summed E-state index contributed by atoms with van der Waals surface area (Å²) in [5.74, 6) is 0.875. The molecule has 0 spiro atoms. The molecule has 1 atom stereocenters. The van der Waals surface area contributed by atoms with Crippen LogP contribution in [-0.4, -0.2) is 19.3 Å². The van der Waals surface area contributed by atoms with E-state index in [2.05, 4.69) is 87.2 Å². The molecule has 0 aromatic heterocycles. The highest BCUT2D eigenvalue weighted by Gasteiger charge is 2.03. The zero-order valence-electron chi connectivity index (χ0n) is 20.3. The highest BCUT2D eigenvalue weighted by Crippen LogP contribution is 2.27. The largest absolute Gasteiger partial charge is 0.490 e. The molecule has 0 aliphatic heterocycles. The van der Waals surface area contributed by atoms with Gasteiger partial charge in [-0.05, 0) is 78.3 Å². The van der Waals surface area contributed by atoms with E-state index in [1.54, 1.807) is 6.08 Å². The van der Waals surface area contributed by atoms with Crippen molar-refractivity contribution < 1.29 is 9.47 Å². The molecule has 174 valence electrons. The summed E-state index contributed by atoms with van der Waals surface area (Å²) in [5, 5.41) is 2.39. The Balaban J connectivity index is 1.49. The lowest BCUT2D eigenvalue weighted by Gasteiger charge is -2.12. The lowest BCUT2D eigenvalue weighted by atomic mass is 10.00. The highest BCUT2D eigenvalue weighted by molar-refractivity contribution is 5.88. The summed E-state index contributed by atoms with van der Waals surface area (Å²) in [5.41, 5.74) is 3.70. The van der Waals surface area contributed by atoms with E-state index in [0.717, 1.165) is 25.2 Å². The average Bonchev–Trinajstić information content (AvgIpc) is 2.85. The van der Waals surface area contributed by atoms with Crippen molar-refractivity contribution in [1.82, 2.24) is 0 Å². The van der Waals surface area contributed by atoms with Gasteiger partial charge in [0.2, 0.25) is 0 Å². The lowest BCUT2D eigenvalue weighted by molar-refractivity contribution is 0.0566. The minimum absolute atomic E-state index is 0.364. The molecular formula is C31H38O2. The number of benzene rings is 3. The van der Waals surface area contributed by atoms with Gasteiger partial charge in [0.25, 0.3) is 0 Å². The molecule has 0 saturated heterocycles. The van der Waals surface area contributed by atoms with Crippen LogP contribution in [0.4, 0.5) is 0 Å². The monoisotopic (exact) mass is 442 g/mol. The molecule has 0 radical (unpaired) electrons. The summed E-state index contributed by atoms with van der Waals surface area (Å²) < 4.78 is 11.5. The third kappa shape index (κ3) is 8.22. The quantitative estimate of drug-likeness (QED) is 0.183. The van der Waals surface area contributed by atoms with Crippen LogP contribution in [0, 0.1) is 0 Å². The van der Waals surface area contributed by atoms with Crippen molar-refractivity contribution in [3.8, 4) is 16.9 Å². The minimum atomic E-state index is 0.364. The molecule has 3 aromatic rings. The van der Waals surface area contributed by atoms with E-state index in [0.29, 0.717) is 12.7 Å². The van der Waals surface area contributed by atoms with Crippen molar-refractivity contribution in [2.75, 3.05) is 13.2 Å². The number of rotatable bonds is 14. The average molecular weight is 443 g/mol. The second-order valence-corrected chi connectivity index (χ2v) is 8.67. The Kier molecular flexibility index (Phi) is 10.3. The van der Waals surface area contributed by atoms with Crippen LogP contribution in [0.1, 0.15) is 57.9 Å². The van der Waals surface area contributed by atoms with E-state index < -0.39 is 0 Å². The topological polar surface area (TPSA) is 18.5 Å². The van der Waals surface area contributed by atoms with E-state index >= 15 is 0 Å². The van der Waals surface area contributed by atoms with Gasteiger partial charge in [0.15, 0.2) is 0 Å². The molecule has 0 saturated carbocycles. The number of fused-ring (bicyclic) bond motifs is 1. The maximum atomic E-state index is 5.88. The second kappa shape index (κ2) is 13.6. The van der Waals surface area contributed by atoms with Gasteiger partial charge in [-0.3, -0.25) is 0 Å². The fourth-order valence-electron chi connectivity index (χ4n) is 3.90. The number of unbranched alkanes of at least 4 members (excludes halogenated alkanes) is 3. The number of hydrogen-bond acceptors (Lipinski definition) is 2. The summed E-state index contributed by atoms with van der Waals surface area (Å²) in [4.78, 5) is 0. The van der Waals surface area contributed by atoms with E-state index in [9.17, 15) is 0 Å². The Bertz CT molecular complexity index is 1020. The fourth-order valence-corrected chi connectivity index (χ4v) is 3.90. The molecule has 0 amide bonds. The first-order valence-electron chi connectivity index (χ1n) is 12.4. The first-order valence-corrected chi connectivity index (χ1v) is 12.4. The summed E-state index contributed by atoms with van der Waals surface area (Å²) >= 11 is 0. The first kappa shape index (κ1) is 24.8. The van der Waals surface area contributed by atoms with Crippen LogP contribution in [0.15, 0.2) is 79.4 Å². The van der Waals surface area contributed by atoms with Crippen LogP contribution in [0.3, 0.4) is 0 Å². The molecule has 0 aliphatic rings. The SMILES string of the molecule is C=CCOc1ccc2cc(-c3ccc(/C=C/CCCC(C)OCCCCC)cc3)ccc2c1. The van der Waals surface area contributed by atoms with Gasteiger partial charge < -0.3 is 9.47 Å². The summed E-state index contributed by atoms with van der Waals surface area (Å²) in [7, 11) is 0. The molecule has 1 unspecified atom stereocenters. The summed E-state index contributed by atoms with van der Waals surface area (Å²) in [6.07, 6.45) is 13.7. The molecule has 0 bridgehead atoms. The Morgan fingerprint density at radius 3 is 2.42 bits per heavy atom. The van der Waals surface area contributed by atoms with Crippen LogP contribution < -0.4 is 4.74 Å². The maximum absolute atomic E-state index is 5.88. The van der Waals surface area contributed by atoms with Gasteiger partial charge in [-0.25, -0.2) is 0 Å². The Morgan fingerprint density at radius 2 is 1.64 bits per heavy atom. The van der Waals surface area contributed by atoms with E-state index in [-0.39, 0.29) is 0 Å². The van der Waals surface area contributed by atoms with Gasteiger partial charge in [0, 0.05) is 6.61 Å². The van der Waals surface area contributed by atoms with Gasteiger partial charge in [-0.1, -0.05) is 87.0 Å². The van der Waals surface area contributed by atoms with Gasteiger partial charge >= 0.3 is 0 Å². The normalized spacial score (nSPS) is 12.3. The molecule has 3 aromatic carbocycles. The molecular weight excluding hydrogens is 404 g/mol. The zero-order chi connectivity index (χ0) is 23.3. The highest BCUT2D eigenvalue weighted by atomic mass is 16.5. The number of ether oxygens (including phenoxy) is 2. The van der Waals surface area contributed by atoms with Crippen molar-refractivity contribution in [3.05, 3.63) is 85.0 Å². The number of allylic oxidation sites excluding steroid dienone is 1. The smallest absolute Gasteiger partial charge is 0.120 e. The van der Waals surface area contributed by atoms with E-state index in [4.69, 9.17) is 9.47 Å². The van der Waals surface area contributed by atoms with Crippen LogP contribution in [0.2, 0.25) is 0 Å². The van der Waals surface area contributed by atoms with Crippen LogP contribution in [0.25, 0.3) is 28.0 Å². The standard InChI is InChI=1S/C31H38O2/c1-4-6-10-22-32-25(3)11-8-7-9-12-26-13-15-27(16-14-26)28-17-18-30-24-31(33-21-5-2)20-19-29(30)23-28/h5,9,12-20,23-25H,2,4,6-8,10-11,21-22H2,1,3H3/b12-9+.